The summed E-state index contributed by atoms with van der Waals surface area (Å²) in [6.07, 6.45) is 2.05. The van der Waals surface area contributed by atoms with Gasteiger partial charge >= 0.3 is 0 Å². The number of amides is 2. The molecule has 2 atom stereocenters. The summed E-state index contributed by atoms with van der Waals surface area (Å²) in [5.74, 6) is -0.262. The first kappa shape index (κ1) is 29.7. The Morgan fingerprint density at radius 3 is 2.33 bits per heavy atom. The van der Waals surface area contributed by atoms with Crippen LogP contribution < -0.4 is 14.4 Å². The van der Waals surface area contributed by atoms with Gasteiger partial charge < -0.3 is 15.0 Å². The van der Waals surface area contributed by atoms with E-state index in [-0.39, 0.29) is 29.2 Å². The van der Waals surface area contributed by atoms with E-state index >= 15 is 0 Å². The minimum atomic E-state index is -3.90. The van der Waals surface area contributed by atoms with Crippen LogP contribution in [0.1, 0.15) is 39.2 Å². The number of carbonyl (C=O) groups excluding carboxylic acids is 2. The molecule has 2 rings (SSSR count). The molecule has 0 aliphatic carbocycles. The molecular weight excluding hydrogens is 525 g/mol. The summed E-state index contributed by atoms with van der Waals surface area (Å²) in [4.78, 5) is 28.3. The van der Waals surface area contributed by atoms with Gasteiger partial charge in [0, 0.05) is 17.6 Å². The quantitative estimate of drug-likeness (QED) is 0.414. The Hall–Kier alpha value is -2.49. The van der Waals surface area contributed by atoms with Crippen molar-refractivity contribution in [1.82, 2.24) is 10.2 Å². The minimum absolute atomic E-state index is 0.0778. The average Bonchev–Trinajstić information content (AvgIpc) is 2.82. The number of benzene rings is 2. The molecule has 0 bridgehead atoms. The second-order valence-corrected chi connectivity index (χ2v) is 11.2. The lowest BCUT2D eigenvalue weighted by Gasteiger charge is -2.33. The van der Waals surface area contributed by atoms with Gasteiger partial charge in [-0.05, 0) is 55.7 Å². The van der Waals surface area contributed by atoms with Crippen LogP contribution in [-0.2, 0) is 26.2 Å². The summed E-state index contributed by atoms with van der Waals surface area (Å²) in [6.45, 7) is 5.17. The average molecular weight is 559 g/mol. The van der Waals surface area contributed by atoms with Crippen molar-refractivity contribution in [3.05, 3.63) is 58.1 Å². The maximum atomic E-state index is 13.7. The maximum absolute atomic E-state index is 13.7. The number of sulfonamides is 1. The normalized spacial score (nSPS) is 13.0. The molecule has 0 radical (unpaired) electrons. The lowest BCUT2D eigenvalue weighted by molar-refractivity contribution is -0.140. The van der Waals surface area contributed by atoms with Crippen LogP contribution in [0.2, 0.25) is 10.0 Å². The summed E-state index contributed by atoms with van der Waals surface area (Å²) >= 11 is 12.2. The number of rotatable bonds is 12. The molecule has 0 unspecified atom stereocenters. The highest BCUT2D eigenvalue weighted by Crippen LogP contribution is 2.30. The molecule has 0 aromatic heterocycles. The third-order valence-corrected chi connectivity index (χ3v) is 7.40. The Labute approximate surface area is 223 Å². The van der Waals surface area contributed by atoms with Crippen LogP contribution in [0.5, 0.6) is 5.75 Å². The first-order valence-electron chi connectivity index (χ1n) is 11.6. The molecule has 0 fully saturated rings. The SMILES string of the molecule is CC[C@H](C)NC(=O)[C@H](CC)N(Cc1cccc(OC)c1)C(=O)CN(c1ccc(Cl)cc1Cl)S(C)(=O)=O. The minimum Gasteiger partial charge on any atom is -0.497 e. The summed E-state index contributed by atoms with van der Waals surface area (Å²) in [7, 11) is -2.37. The molecule has 0 heterocycles. The van der Waals surface area contributed by atoms with Crippen molar-refractivity contribution in [3.63, 3.8) is 0 Å². The number of carbonyl (C=O) groups is 2. The van der Waals surface area contributed by atoms with Gasteiger partial charge in [-0.2, -0.15) is 0 Å². The maximum Gasteiger partial charge on any atom is 0.244 e. The molecule has 11 heteroatoms. The van der Waals surface area contributed by atoms with E-state index in [4.69, 9.17) is 27.9 Å². The molecule has 36 heavy (non-hydrogen) atoms. The standard InChI is InChI=1S/C25H33Cl2N3O5S/c1-6-17(3)28-25(32)22(7-2)29(15-18-9-8-10-20(13-18)35-4)24(31)16-30(36(5,33)34)23-12-11-19(26)14-21(23)27/h8-14,17,22H,6-7,15-16H2,1-5H3,(H,28,32)/t17-,22-/m0/s1. The Morgan fingerprint density at radius 2 is 1.78 bits per heavy atom. The van der Waals surface area contributed by atoms with Gasteiger partial charge in [0.15, 0.2) is 0 Å². The third-order valence-electron chi connectivity index (χ3n) is 5.73. The van der Waals surface area contributed by atoms with Gasteiger partial charge in [0.1, 0.15) is 18.3 Å². The van der Waals surface area contributed by atoms with Crippen LogP contribution in [0, 0.1) is 0 Å². The molecule has 198 valence electrons. The van der Waals surface area contributed by atoms with E-state index in [2.05, 4.69) is 5.32 Å². The number of ether oxygens (including phenoxy) is 1. The molecule has 2 amide bonds. The van der Waals surface area contributed by atoms with Gasteiger partial charge in [0.25, 0.3) is 0 Å². The highest BCUT2D eigenvalue weighted by Gasteiger charge is 2.32. The van der Waals surface area contributed by atoms with Crippen molar-refractivity contribution in [3.8, 4) is 5.75 Å². The smallest absolute Gasteiger partial charge is 0.244 e. The van der Waals surface area contributed by atoms with Crippen molar-refractivity contribution >= 4 is 50.7 Å². The molecule has 0 aliphatic rings. The molecule has 0 aliphatic heterocycles. The summed E-state index contributed by atoms with van der Waals surface area (Å²) in [6, 6.07) is 10.6. The van der Waals surface area contributed by atoms with E-state index in [1.54, 1.807) is 25.1 Å². The fourth-order valence-corrected chi connectivity index (χ4v) is 5.03. The molecular formula is C25H33Cl2N3O5S. The monoisotopic (exact) mass is 557 g/mol. The number of anilines is 1. The Bertz CT molecular complexity index is 1180. The van der Waals surface area contributed by atoms with E-state index in [1.165, 1.54) is 30.2 Å². The van der Waals surface area contributed by atoms with E-state index < -0.39 is 28.5 Å². The van der Waals surface area contributed by atoms with Crippen LogP contribution in [-0.4, -0.2) is 57.1 Å². The van der Waals surface area contributed by atoms with Gasteiger partial charge in [0.05, 0.1) is 24.1 Å². The zero-order chi connectivity index (χ0) is 27.0. The number of halogens is 2. The van der Waals surface area contributed by atoms with Gasteiger partial charge in [-0.25, -0.2) is 8.42 Å². The number of methoxy groups -OCH3 is 1. The van der Waals surface area contributed by atoms with Crippen LogP contribution in [0.3, 0.4) is 0 Å². The molecule has 2 aromatic rings. The molecule has 0 saturated heterocycles. The molecule has 8 nitrogen and oxygen atoms in total. The van der Waals surface area contributed by atoms with Crippen molar-refractivity contribution < 1.29 is 22.7 Å². The van der Waals surface area contributed by atoms with Crippen LogP contribution in [0.4, 0.5) is 5.69 Å². The van der Waals surface area contributed by atoms with Crippen LogP contribution in [0.25, 0.3) is 0 Å². The summed E-state index contributed by atoms with van der Waals surface area (Å²) < 4.78 is 31.6. The first-order chi connectivity index (χ1) is 16.9. The van der Waals surface area contributed by atoms with Crippen LogP contribution in [0.15, 0.2) is 42.5 Å². The predicted molar refractivity (Wildman–Crippen MR) is 144 cm³/mol. The fraction of sp³-hybridized carbons (Fsp3) is 0.440. The zero-order valence-corrected chi connectivity index (χ0v) is 23.5. The molecule has 0 saturated carbocycles. The fourth-order valence-electron chi connectivity index (χ4n) is 3.61. The molecule has 1 N–H and O–H groups in total. The van der Waals surface area contributed by atoms with Crippen molar-refractivity contribution in [2.45, 2.75) is 52.2 Å². The number of hydrogen-bond donors (Lipinski definition) is 1. The second kappa shape index (κ2) is 13.2. The van der Waals surface area contributed by atoms with E-state index in [1.807, 2.05) is 19.9 Å². The molecule has 0 spiro atoms. The van der Waals surface area contributed by atoms with E-state index in [0.717, 1.165) is 22.5 Å². The molecule has 2 aromatic carbocycles. The lowest BCUT2D eigenvalue weighted by atomic mass is 10.1. The van der Waals surface area contributed by atoms with E-state index in [0.29, 0.717) is 17.2 Å². The first-order valence-corrected chi connectivity index (χ1v) is 14.2. The van der Waals surface area contributed by atoms with Crippen molar-refractivity contribution in [1.29, 1.82) is 0 Å². The summed E-state index contributed by atoms with van der Waals surface area (Å²) in [5.41, 5.74) is 0.850. The topological polar surface area (TPSA) is 96.0 Å². The van der Waals surface area contributed by atoms with Crippen molar-refractivity contribution in [2.24, 2.45) is 0 Å². The third kappa shape index (κ3) is 8.01. The highest BCUT2D eigenvalue weighted by atomic mass is 35.5. The largest absolute Gasteiger partial charge is 0.497 e. The van der Waals surface area contributed by atoms with Gasteiger partial charge in [0.2, 0.25) is 21.8 Å². The Balaban J connectivity index is 2.49. The predicted octanol–water partition coefficient (Wildman–Crippen LogP) is 4.49. The number of hydrogen-bond acceptors (Lipinski definition) is 5. The number of nitrogens with zero attached hydrogens (tertiary/aromatic N) is 2. The van der Waals surface area contributed by atoms with Gasteiger partial charge in [-0.3, -0.25) is 13.9 Å². The highest BCUT2D eigenvalue weighted by molar-refractivity contribution is 7.92. The number of nitrogens with one attached hydrogen (secondary N) is 1. The lowest BCUT2D eigenvalue weighted by Crippen LogP contribution is -2.53. The van der Waals surface area contributed by atoms with Gasteiger partial charge in [-0.1, -0.05) is 49.2 Å². The second-order valence-electron chi connectivity index (χ2n) is 8.48. The van der Waals surface area contributed by atoms with Crippen molar-refractivity contribution in [2.75, 3.05) is 24.2 Å². The van der Waals surface area contributed by atoms with Gasteiger partial charge in [-0.15, -0.1) is 0 Å². The van der Waals surface area contributed by atoms with E-state index in [9.17, 15) is 18.0 Å². The zero-order valence-electron chi connectivity index (χ0n) is 21.1. The summed E-state index contributed by atoms with van der Waals surface area (Å²) in [5, 5.41) is 3.34. The van der Waals surface area contributed by atoms with Crippen LogP contribution >= 0.6 is 23.2 Å². The Morgan fingerprint density at radius 1 is 1.08 bits per heavy atom. The Kier molecular flexibility index (Phi) is 10.9.